The maximum absolute atomic E-state index is 13.0. The van der Waals surface area contributed by atoms with Crippen LogP contribution >= 0.6 is 0 Å². The van der Waals surface area contributed by atoms with Gasteiger partial charge in [0.25, 0.3) is 0 Å². The van der Waals surface area contributed by atoms with Gasteiger partial charge in [-0.3, -0.25) is 9.69 Å². The van der Waals surface area contributed by atoms with E-state index in [2.05, 4.69) is 24.4 Å². The molecule has 3 heterocycles. The molecule has 1 N–H and O–H groups in total. The van der Waals surface area contributed by atoms with Crippen molar-refractivity contribution in [2.45, 2.75) is 44.2 Å². The van der Waals surface area contributed by atoms with Crippen LogP contribution in [0.3, 0.4) is 0 Å². The van der Waals surface area contributed by atoms with Crippen molar-refractivity contribution in [2.24, 2.45) is 0 Å². The van der Waals surface area contributed by atoms with E-state index in [9.17, 15) is 9.59 Å². The number of piperidine rings is 1. The summed E-state index contributed by atoms with van der Waals surface area (Å²) >= 11 is 0. The van der Waals surface area contributed by atoms with Crippen molar-refractivity contribution in [3.05, 3.63) is 35.4 Å². The number of likely N-dealkylation sites (tertiary alicyclic amines) is 1. The Morgan fingerprint density at radius 1 is 1.31 bits per heavy atom. The van der Waals surface area contributed by atoms with Crippen LogP contribution in [0.4, 0.5) is 4.79 Å². The van der Waals surface area contributed by atoms with Gasteiger partial charge in [-0.1, -0.05) is 24.3 Å². The molecule has 1 spiro atoms. The fourth-order valence-corrected chi connectivity index (χ4v) is 4.56. The van der Waals surface area contributed by atoms with E-state index < -0.39 is 5.60 Å². The predicted molar refractivity (Wildman–Crippen MR) is 97.8 cm³/mol. The third kappa shape index (κ3) is 3.18. The highest BCUT2D eigenvalue weighted by Crippen LogP contribution is 2.35. The minimum Gasteiger partial charge on any atom is -0.441 e. The van der Waals surface area contributed by atoms with Gasteiger partial charge in [0, 0.05) is 19.4 Å². The van der Waals surface area contributed by atoms with Gasteiger partial charge in [-0.15, -0.1) is 0 Å². The van der Waals surface area contributed by atoms with Crippen LogP contribution in [0, 0.1) is 6.92 Å². The summed E-state index contributed by atoms with van der Waals surface area (Å²) in [6.45, 7) is 5.22. The second kappa shape index (κ2) is 6.91. The lowest BCUT2D eigenvalue weighted by Gasteiger charge is -2.31. The molecule has 1 atom stereocenters. The highest BCUT2D eigenvalue weighted by Gasteiger charge is 2.46. The number of hydrogen-bond donors (Lipinski definition) is 1. The minimum absolute atomic E-state index is 0.0266. The monoisotopic (exact) mass is 357 g/mol. The molecule has 0 aliphatic carbocycles. The average Bonchev–Trinajstić information content (AvgIpc) is 3.22. The average molecular weight is 357 g/mol. The molecule has 3 saturated heterocycles. The van der Waals surface area contributed by atoms with Gasteiger partial charge in [0.2, 0.25) is 5.91 Å². The number of benzene rings is 1. The van der Waals surface area contributed by atoms with Gasteiger partial charge in [0.1, 0.15) is 12.1 Å². The lowest BCUT2D eigenvalue weighted by Crippen LogP contribution is -2.46. The molecule has 6 heteroatoms. The number of carbonyl (C=O) groups excluding carboxylic acids is 2. The van der Waals surface area contributed by atoms with Crippen LogP contribution in [0.15, 0.2) is 24.3 Å². The number of hydrogen-bond acceptors (Lipinski definition) is 4. The quantitative estimate of drug-likeness (QED) is 0.901. The van der Waals surface area contributed by atoms with Crippen molar-refractivity contribution in [2.75, 3.05) is 32.7 Å². The molecule has 1 aromatic carbocycles. The summed E-state index contributed by atoms with van der Waals surface area (Å²) < 4.78 is 5.67. The molecule has 3 aliphatic heterocycles. The van der Waals surface area contributed by atoms with Gasteiger partial charge in [0.15, 0.2) is 0 Å². The molecule has 3 aliphatic rings. The molecule has 1 unspecified atom stereocenters. The molecule has 3 fully saturated rings. The maximum atomic E-state index is 13.0. The Balaban J connectivity index is 1.44. The van der Waals surface area contributed by atoms with Crippen molar-refractivity contribution in [1.29, 1.82) is 0 Å². The zero-order chi connectivity index (χ0) is 18.1. The van der Waals surface area contributed by atoms with Gasteiger partial charge in [-0.2, -0.15) is 0 Å². The lowest BCUT2D eigenvalue weighted by atomic mass is 9.92. The molecule has 0 radical (unpaired) electrons. The van der Waals surface area contributed by atoms with E-state index in [-0.39, 0.29) is 24.6 Å². The van der Waals surface area contributed by atoms with Crippen LogP contribution < -0.4 is 5.32 Å². The molecule has 6 nitrogen and oxygen atoms in total. The molecule has 140 valence electrons. The summed E-state index contributed by atoms with van der Waals surface area (Å²) in [5, 5.41) is 3.30. The van der Waals surface area contributed by atoms with Gasteiger partial charge >= 0.3 is 6.09 Å². The summed E-state index contributed by atoms with van der Waals surface area (Å²) in [6.07, 6.45) is 3.28. The van der Waals surface area contributed by atoms with E-state index in [0.717, 1.165) is 45.3 Å². The summed E-state index contributed by atoms with van der Waals surface area (Å²) in [7, 11) is 0. The Kier molecular flexibility index (Phi) is 4.61. The third-order valence-corrected chi connectivity index (χ3v) is 6.00. The van der Waals surface area contributed by atoms with Crippen LogP contribution in [0.25, 0.3) is 0 Å². The zero-order valence-corrected chi connectivity index (χ0v) is 15.4. The van der Waals surface area contributed by atoms with Crippen molar-refractivity contribution >= 4 is 12.0 Å². The Labute approximate surface area is 154 Å². The largest absolute Gasteiger partial charge is 0.441 e. The first-order valence-electron chi connectivity index (χ1n) is 9.62. The smallest absolute Gasteiger partial charge is 0.410 e. The maximum Gasteiger partial charge on any atom is 0.410 e. The Bertz CT molecular complexity index is 699. The highest BCUT2D eigenvalue weighted by atomic mass is 16.6. The molecule has 0 aromatic heterocycles. The number of ether oxygens (including phenoxy) is 1. The molecule has 26 heavy (non-hydrogen) atoms. The van der Waals surface area contributed by atoms with E-state index in [1.54, 1.807) is 4.90 Å². The molecular formula is C20H27N3O3. The number of amides is 2. The second-order valence-corrected chi connectivity index (χ2v) is 7.76. The SMILES string of the molecule is Cc1ccccc1C1CCCN1C(=O)CN1CC2(CCNCC2)OC1=O. The zero-order valence-electron chi connectivity index (χ0n) is 15.4. The molecule has 4 rings (SSSR count). The van der Waals surface area contributed by atoms with Crippen LogP contribution in [0.1, 0.15) is 42.9 Å². The van der Waals surface area contributed by atoms with E-state index in [0.29, 0.717) is 6.54 Å². The van der Waals surface area contributed by atoms with E-state index in [4.69, 9.17) is 4.74 Å². The number of aryl methyl sites for hydroxylation is 1. The number of nitrogens with zero attached hydrogens (tertiary/aromatic N) is 2. The van der Waals surface area contributed by atoms with Crippen molar-refractivity contribution in [3.8, 4) is 0 Å². The molecule has 1 aromatic rings. The fourth-order valence-electron chi connectivity index (χ4n) is 4.56. The molecule has 2 amide bonds. The van der Waals surface area contributed by atoms with Crippen LogP contribution in [0.5, 0.6) is 0 Å². The number of nitrogens with one attached hydrogen (secondary N) is 1. The van der Waals surface area contributed by atoms with E-state index >= 15 is 0 Å². The Hall–Kier alpha value is -2.08. The number of carbonyl (C=O) groups is 2. The first kappa shape index (κ1) is 17.3. The summed E-state index contributed by atoms with van der Waals surface area (Å²) in [5.74, 6) is 0.0266. The number of rotatable bonds is 3. The topological polar surface area (TPSA) is 61.9 Å². The van der Waals surface area contributed by atoms with Gasteiger partial charge in [-0.25, -0.2) is 4.79 Å². The van der Waals surface area contributed by atoms with Gasteiger partial charge in [-0.05, 0) is 44.0 Å². The standard InChI is InChI=1S/C20H27N3O3/c1-15-5-2-3-6-16(15)17-7-4-12-23(17)18(24)13-22-14-20(26-19(22)25)8-10-21-11-9-20/h2-3,5-6,17,21H,4,7-14H2,1H3. The van der Waals surface area contributed by atoms with Crippen LogP contribution in [-0.2, 0) is 9.53 Å². The summed E-state index contributed by atoms with van der Waals surface area (Å²) in [6, 6.07) is 8.38. The van der Waals surface area contributed by atoms with Crippen molar-refractivity contribution < 1.29 is 14.3 Å². The van der Waals surface area contributed by atoms with Crippen LogP contribution in [-0.4, -0.2) is 60.1 Å². The first-order chi connectivity index (χ1) is 12.6. The van der Waals surface area contributed by atoms with Crippen molar-refractivity contribution in [3.63, 3.8) is 0 Å². The molecular weight excluding hydrogens is 330 g/mol. The Morgan fingerprint density at radius 2 is 2.08 bits per heavy atom. The molecule has 0 saturated carbocycles. The van der Waals surface area contributed by atoms with Gasteiger partial charge in [0.05, 0.1) is 12.6 Å². The first-order valence-corrected chi connectivity index (χ1v) is 9.62. The minimum atomic E-state index is -0.400. The summed E-state index contributed by atoms with van der Waals surface area (Å²) in [4.78, 5) is 28.8. The van der Waals surface area contributed by atoms with Gasteiger partial charge < -0.3 is 15.0 Å². The molecule has 0 bridgehead atoms. The lowest BCUT2D eigenvalue weighted by molar-refractivity contribution is -0.132. The normalized spacial score (nSPS) is 25.0. The third-order valence-electron chi connectivity index (χ3n) is 6.00. The summed E-state index contributed by atoms with van der Waals surface area (Å²) in [5.41, 5.74) is 2.03. The highest BCUT2D eigenvalue weighted by molar-refractivity contribution is 5.84. The van der Waals surface area contributed by atoms with Crippen LogP contribution in [0.2, 0.25) is 0 Å². The van der Waals surface area contributed by atoms with E-state index in [1.165, 1.54) is 11.1 Å². The predicted octanol–water partition coefficient (Wildman–Crippen LogP) is 2.23. The van der Waals surface area contributed by atoms with E-state index in [1.807, 2.05) is 17.0 Å². The second-order valence-electron chi connectivity index (χ2n) is 7.76. The fraction of sp³-hybridized carbons (Fsp3) is 0.600. The van der Waals surface area contributed by atoms with Crippen molar-refractivity contribution in [1.82, 2.24) is 15.1 Å². The Morgan fingerprint density at radius 3 is 2.85 bits per heavy atom.